The number of aryl methyl sites for hydroxylation is 1. The summed E-state index contributed by atoms with van der Waals surface area (Å²) in [6.07, 6.45) is 0. The highest BCUT2D eigenvalue weighted by Crippen LogP contribution is 2.23. The number of nitrogens with one attached hydrogen (secondary N) is 2. The number of H-pyrrole nitrogens is 1. The molecule has 6 heteroatoms. The van der Waals surface area contributed by atoms with E-state index < -0.39 is 0 Å². The second kappa shape index (κ2) is 9.75. The van der Waals surface area contributed by atoms with E-state index in [0.29, 0.717) is 18.0 Å². The summed E-state index contributed by atoms with van der Waals surface area (Å²) in [6.45, 7) is 4.36. The zero-order valence-electron chi connectivity index (χ0n) is 18.0. The third-order valence-corrected chi connectivity index (χ3v) is 5.00. The average molecular weight is 425 g/mol. The summed E-state index contributed by atoms with van der Waals surface area (Å²) in [5, 5.41) is 11.3. The lowest BCUT2D eigenvalue weighted by Crippen LogP contribution is -2.19. The standard InChI is InChI=1S/C26H24N4O2/c1-18-11-13-21(14-12-18)19(2)27-30-26(31)25-16-24(28-29-25)22-9-6-10-23(15-22)32-17-20-7-4-3-5-8-20/h3-16H,17H2,1-2H3,(H,28,29)(H,30,31)/b27-19-. The van der Waals surface area contributed by atoms with Gasteiger partial charge in [-0.15, -0.1) is 0 Å². The minimum Gasteiger partial charge on any atom is -0.489 e. The zero-order valence-corrected chi connectivity index (χ0v) is 18.0. The third kappa shape index (κ3) is 5.29. The van der Waals surface area contributed by atoms with Crippen molar-refractivity contribution in [2.45, 2.75) is 20.5 Å². The Balaban J connectivity index is 1.41. The summed E-state index contributed by atoms with van der Waals surface area (Å²) >= 11 is 0. The molecule has 0 atom stereocenters. The van der Waals surface area contributed by atoms with Crippen LogP contribution >= 0.6 is 0 Å². The molecule has 0 aliphatic heterocycles. The fourth-order valence-electron chi connectivity index (χ4n) is 3.13. The van der Waals surface area contributed by atoms with Gasteiger partial charge < -0.3 is 4.74 Å². The van der Waals surface area contributed by atoms with E-state index >= 15 is 0 Å². The van der Waals surface area contributed by atoms with Crippen LogP contribution in [0.2, 0.25) is 0 Å². The minimum absolute atomic E-state index is 0.330. The molecule has 0 unspecified atom stereocenters. The maximum Gasteiger partial charge on any atom is 0.289 e. The summed E-state index contributed by atoms with van der Waals surface area (Å²) in [4.78, 5) is 12.5. The number of aromatic amines is 1. The number of hydrogen-bond donors (Lipinski definition) is 2. The molecule has 1 aromatic heterocycles. The lowest BCUT2D eigenvalue weighted by Gasteiger charge is -2.07. The topological polar surface area (TPSA) is 79.4 Å². The number of amides is 1. The van der Waals surface area contributed by atoms with E-state index in [-0.39, 0.29) is 5.91 Å². The van der Waals surface area contributed by atoms with Crippen molar-refractivity contribution < 1.29 is 9.53 Å². The molecule has 0 saturated carbocycles. The van der Waals surface area contributed by atoms with Crippen LogP contribution in [0.1, 0.15) is 34.1 Å². The molecule has 160 valence electrons. The first-order valence-corrected chi connectivity index (χ1v) is 10.3. The number of ether oxygens (including phenoxy) is 1. The maximum atomic E-state index is 12.5. The summed E-state index contributed by atoms with van der Waals surface area (Å²) in [6, 6.07) is 27.3. The van der Waals surface area contributed by atoms with Crippen LogP contribution in [0.15, 0.2) is 90.0 Å². The first-order chi connectivity index (χ1) is 15.6. The van der Waals surface area contributed by atoms with Gasteiger partial charge in [-0.2, -0.15) is 10.2 Å². The van der Waals surface area contributed by atoms with Crippen LogP contribution in [0, 0.1) is 6.92 Å². The second-order valence-electron chi connectivity index (χ2n) is 7.47. The number of hydrogen-bond acceptors (Lipinski definition) is 4. The quantitative estimate of drug-likeness (QED) is 0.319. The van der Waals surface area contributed by atoms with Gasteiger partial charge in [-0.05, 0) is 43.2 Å². The van der Waals surface area contributed by atoms with Gasteiger partial charge in [0.25, 0.3) is 5.91 Å². The first kappa shape index (κ1) is 21.1. The van der Waals surface area contributed by atoms with E-state index in [0.717, 1.165) is 28.2 Å². The second-order valence-corrected chi connectivity index (χ2v) is 7.47. The third-order valence-electron chi connectivity index (χ3n) is 5.00. The van der Waals surface area contributed by atoms with Gasteiger partial charge in [0.05, 0.1) is 11.4 Å². The molecule has 0 saturated heterocycles. The molecule has 0 aliphatic rings. The van der Waals surface area contributed by atoms with Gasteiger partial charge in [-0.3, -0.25) is 9.89 Å². The number of carbonyl (C=O) groups is 1. The largest absolute Gasteiger partial charge is 0.489 e. The molecule has 0 spiro atoms. The highest BCUT2D eigenvalue weighted by molar-refractivity contribution is 6.00. The SMILES string of the molecule is C/C(=N/NC(=O)c1cc(-c2cccc(OCc3ccccc3)c2)n[nH]1)c1ccc(C)cc1. The first-order valence-electron chi connectivity index (χ1n) is 10.3. The summed E-state index contributed by atoms with van der Waals surface area (Å²) in [5.41, 5.74) is 8.36. The Morgan fingerprint density at radius 2 is 1.78 bits per heavy atom. The van der Waals surface area contributed by atoms with Crippen molar-refractivity contribution >= 4 is 11.6 Å². The fraction of sp³-hybridized carbons (Fsp3) is 0.115. The van der Waals surface area contributed by atoms with E-state index in [1.807, 2.05) is 92.7 Å². The predicted molar refractivity (Wildman–Crippen MR) is 126 cm³/mol. The molecule has 2 N–H and O–H groups in total. The van der Waals surface area contributed by atoms with Crippen LogP contribution in [-0.2, 0) is 6.61 Å². The van der Waals surface area contributed by atoms with Crippen LogP contribution in [0.25, 0.3) is 11.3 Å². The van der Waals surface area contributed by atoms with Crippen LogP contribution in [0.5, 0.6) is 5.75 Å². The highest BCUT2D eigenvalue weighted by atomic mass is 16.5. The number of aromatic nitrogens is 2. The lowest BCUT2D eigenvalue weighted by atomic mass is 10.1. The molecule has 3 aromatic carbocycles. The highest BCUT2D eigenvalue weighted by Gasteiger charge is 2.11. The van der Waals surface area contributed by atoms with Crippen LogP contribution in [0.4, 0.5) is 0 Å². The maximum absolute atomic E-state index is 12.5. The zero-order chi connectivity index (χ0) is 22.3. The Labute approximate surface area is 187 Å². The number of nitrogens with zero attached hydrogens (tertiary/aromatic N) is 2. The molecule has 32 heavy (non-hydrogen) atoms. The molecule has 4 rings (SSSR count). The Morgan fingerprint density at radius 1 is 1.00 bits per heavy atom. The van der Waals surface area contributed by atoms with Gasteiger partial charge in [0, 0.05) is 5.56 Å². The monoisotopic (exact) mass is 424 g/mol. The smallest absolute Gasteiger partial charge is 0.289 e. The molecule has 0 fully saturated rings. The van der Waals surface area contributed by atoms with E-state index in [2.05, 4.69) is 20.7 Å². The number of rotatable bonds is 7. The van der Waals surface area contributed by atoms with E-state index in [9.17, 15) is 4.79 Å². The molecule has 0 bridgehead atoms. The van der Waals surface area contributed by atoms with Crippen LogP contribution in [0.3, 0.4) is 0 Å². The van der Waals surface area contributed by atoms with E-state index in [1.54, 1.807) is 6.07 Å². The molecule has 1 heterocycles. The Kier molecular flexibility index (Phi) is 6.41. The Morgan fingerprint density at radius 3 is 2.56 bits per heavy atom. The van der Waals surface area contributed by atoms with Crippen molar-refractivity contribution in [1.82, 2.24) is 15.6 Å². The average Bonchev–Trinajstić information content (AvgIpc) is 3.33. The molecular weight excluding hydrogens is 400 g/mol. The van der Waals surface area contributed by atoms with Gasteiger partial charge in [-0.1, -0.05) is 72.3 Å². The fourth-order valence-corrected chi connectivity index (χ4v) is 3.13. The van der Waals surface area contributed by atoms with Crippen molar-refractivity contribution in [3.63, 3.8) is 0 Å². The summed E-state index contributed by atoms with van der Waals surface area (Å²) in [5.74, 6) is 0.380. The van der Waals surface area contributed by atoms with Crippen molar-refractivity contribution in [1.29, 1.82) is 0 Å². The van der Waals surface area contributed by atoms with E-state index in [1.165, 1.54) is 5.56 Å². The van der Waals surface area contributed by atoms with Crippen LogP contribution in [-0.4, -0.2) is 21.8 Å². The Hall–Kier alpha value is -4.19. The van der Waals surface area contributed by atoms with Gasteiger partial charge in [0.2, 0.25) is 0 Å². The van der Waals surface area contributed by atoms with Gasteiger partial charge in [-0.25, -0.2) is 5.43 Å². The summed E-state index contributed by atoms with van der Waals surface area (Å²) in [7, 11) is 0. The van der Waals surface area contributed by atoms with Crippen molar-refractivity contribution in [2.24, 2.45) is 5.10 Å². The van der Waals surface area contributed by atoms with Gasteiger partial charge in [0.1, 0.15) is 18.1 Å². The van der Waals surface area contributed by atoms with Gasteiger partial charge in [0.15, 0.2) is 0 Å². The normalized spacial score (nSPS) is 11.2. The van der Waals surface area contributed by atoms with Crippen molar-refractivity contribution in [3.8, 4) is 17.0 Å². The van der Waals surface area contributed by atoms with E-state index in [4.69, 9.17) is 4.74 Å². The predicted octanol–water partition coefficient (Wildman–Crippen LogP) is 5.12. The number of hydrazone groups is 1. The Bertz CT molecular complexity index is 1230. The molecular formula is C26H24N4O2. The summed E-state index contributed by atoms with van der Waals surface area (Å²) < 4.78 is 5.89. The van der Waals surface area contributed by atoms with Gasteiger partial charge >= 0.3 is 0 Å². The number of benzene rings is 3. The molecule has 1 amide bonds. The molecule has 6 nitrogen and oxygen atoms in total. The molecule has 0 radical (unpaired) electrons. The number of carbonyl (C=O) groups excluding carboxylic acids is 1. The minimum atomic E-state index is -0.355. The molecule has 4 aromatic rings. The van der Waals surface area contributed by atoms with Crippen LogP contribution < -0.4 is 10.2 Å². The lowest BCUT2D eigenvalue weighted by molar-refractivity contribution is 0.0950. The molecule has 0 aliphatic carbocycles. The van der Waals surface area contributed by atoms with Crippen molar-refractivity contribution in [2.75, 3.05) is 0 Å². The van der Waals surface area contributed by atoms with Crippen molar-refractivity contribution in [3.05, 3.63) is 107 Å².